The molecule has 0 bridgehead atoms. The highest BCUT2D eigenvalue weighted by atomic mass is 79.9. The van der Waals surface area contributed by atoms with Crippen molar-refractivity contribution in [1.82, 2.24) is 9.55 Å². The van der Waals surface area contributed by atoms with Crippen molar-refractivity contribution in [2.75, 3.05) is 21.3 Å². The van der Waals surface area contributed by atoms with E-state index in [-0.39, 0.29) is 5.56 Å². The van der Waals surface area contributed by atoms with E-state index in [0.717, 1.165) is 15.6 Å². The number of nitrogens with zero attached hydrogens (tertiary/aromatic N) is 2. The molecule has 0 aliphatic heterocycles. The Bertz CT molecular complexity index is 1580. The first kappa shape index (κ1) is 22.4. The lowest BCUT2D eigenvalue weighted by molar-refractivity contribution is 0.323. The largest absolute Gasteiger partial charge is 0.493 e. The molecule has 0 saturated heterocycles. The van der Waals surface area contributed by atoms with Crippen LogP contribution in [0.3, 0.4) is 0 Å². The average Bonchev–Trinajstić information content (AvgIpc) is 3.24. The fourth-order valence-electron chi connectivity index (χ4n) is 4.11. The van der Waals surface area contributed by atoms with Crippen molar-refractivity contribution in [2.45, 2.75) is 6.54 Å². The number of ether oxygens (including phenoxy) is 3. The molecule has 6 nitrogen and oxygen atoms in total. The van der Waals surface area contributed by atoms with Crippen LogP contribution < -0.4 is 19.8 Å². The number of benzene rings is 3. The number of thiophene rings is 1. The SMILES string of the molecule is COc1cc(-c2nc3sc4ccccc4c3c(=O)n2Cc2ccccc2)c(Br)c(OC)c1OC. The maximum Gasteiger partial charge on any atom is 0.263 e. The molecule has 0 aliphatic rings. The zero-order valence-electron chi connectivity index (χ0n) is 18.8. The van der Waals surface area contributed by atoms with Crippen LogP contribution >= 0.6 is 27.3 Å². The van der Waals surface area contributed by atoms with E-state index >= 15 is 0 Å². The fourth-order valence-corrected chi connectivity index (χ4v) is 5.81. The lowest BCUT2D eigenvalue weighted by atomic mass is 10.1. The monoisotopic (exact) mass is 536 g/mol. The molecule has 0 fully saturated rings. The molecule has 0 atom stereocenters. The van der Waals surface area contributed by atoms with E-state index < -0.39 is 0 Å². The third kappa shape index (κ3) is 3.63. The molecule has 0 saturated carbocycles. The van der Waals surface area contributed by atoms with Crippen LogP contribution in [0.15, 0.2) is 69.9 Å². The number of fused-ring (bicyclic) bond motifs is 3. The van der Waals surface area contributed by atoms with Crippen LogP contribution in [0, 0.1) is 0 Å². The quantitative estimate of drug-likeness (QED) is 0.262. The number of methoxy groups -OCH3 is 3. The van der Waals surface area contributed by atoms with Crippen LogP contribution in [0.25, 0.3) is 31.7 Å². The summed E-state index contributed by atoms with van der Waals surface area (Å²) in [6.07, 6.45) is 0. The molecule has 0 radical (unpaired) electrons. The molecule has 3 aromatic carbocycles. The highest BCUT2D eigenvalue weighted by Crippen LogP contribution is 2.48. The molecule has 5 rings (SSSR count). The highest BCUT2D eigenvalue weighted by molar-refractivity contribution is 9.10. The van der Waals surface area contributed by atoms with E-state index in [9.17, 15) is 4.79 Å². The minimum Gasteiger partial charge on any atom is -0.493 e. The van der Waals surface area contributed by atoms with Crippen LogP contribution in [0.4, 0.5) is 0 Å². The van der Waals surface area contributed by atoms with Gasteiger partial charge in [-0.2, -0.15) is 0 Å². The summed E-state index contributed by atoms with van der Waals surface area (Å²) in [6, 6.07) is 19.6. The fraction of sp³-hybridized carbons (Fsp3) is 0.154. The van der Waals surface area contributed by atoms with Crippen molar-refractivity contribution < 1.29 is 14.2 Å². The van der Waals surface area contributed by atoms with Crippen molar-refractivity contribution in [3.8, 4) is 28.6 Å². The first-order valence-corrected chi connectivity index (χ1v) is 12.1. The second-order valence-corrected chi connectivity index (χ2v) is 9.42. The van der Waals surface area contributed by atoms with Gasteiger partial charge in [0.05, 0.1) is 37.7 Å². The zero-order chi connectivity index (χ0) is 23.8. The molecular formula is C26H21BrN2O4S. The molecule has 0 amide bonds. The van der Waals surface area contributed by atoms with E-state index in [0.29, 0.717) is 49.9 Å². The zero-order valence-corrected chi connectivity index (χ0v) is 21.2. The Hall–Kier alpha value is -3.36. The minimum absolute atomic E-state index is 0.0954. The lowest BCUT2D eigenvalue weighted by Gasteiger charge is -2.19. The van der Waals surface area contributed by atoms with Gasteiger partial charge in [-0.15, -0.1) is 11.3 Å². The van der Waals surface area contributed by atoms with Crippen molar-refractivity contribution in [1.29, 1.82) is 0 Å². The molecular weight excluding hydrogens is 516 g/mol. The van der Waals surface area contributed by atoms with Gasteiger partial charge in [-0.25, -0.2) is 4.98 Å². The molecule has 0 aliphatic carbocycles. The van der Waals surface area contributed by atoms with Crippen molar-refractivity contribution >= 4 is 47.6 Å². The van der Waals surface area contributed by atoms with Crippen LogP contribution in [0.2, 0.25) is 0 Å². The summed E-state index contributed by atoms with van der Waals surface area (Å²) in [4.78, 5) is 19.7. The maximum absolute atomic E-state index is 14.0. The Morgan fingerprint density at radius 3 is 2.35 bits per heavy atom. The van der Waals surface area contributed by atoms with Gasteiger partial charge in [-0.1, -0.05) is 48.5 Å². The molecule has 2 aromatic heterocycles. The summed E-state index contributed by atoms with van der Waals surface area (Å²) in [5, 5.41) is 1.54. The Morgan fingerprint density at radius 1 is 0.941 bits per heavy atom. The molecule has 8 heteroatoms. The summed E-state index contributed by atoms with van der Waals surface area (Å²) in [7, 11) is 4.68. The third-order valence-corrected chi connectivity index (χ3v) is 7.54. The normalized spacial score (nSPS) is 11.2. The average molecular weight is 537 g/mol. The molecule has 5 aromatic rings. The first-order valence-electron chi connectivity index (χ1n) is 10.5. The first-order chi connectivity index (χ1) is 16.6. The number of aromatic nitrogens is 2. The third-order valence-electron chi connectivity index (χ3n) is 5.69. The van der Waals surface area contributed by atoms with E-state index in [1.54, 1.807) is 25.9 Å². The van der Waals surface area contributed by atoms with Gasteiger partial charge in [0.25, 0.3) is 5.56 Å². The standard InChI is InChI=1S/C26H21BrN2O4S/c1-31-18-13-17(21(27)23(33-3)22(18)32-2)24-28-25-20(16-11-7-8-12-19(16)34-25)26(30)29(24)14-15-9-5-4-6-10-15/h4-13H,14H2,1-3H3. The number of halogens is 1. The van der Waals surface area contributed by atoms with Crippen molar-refractivity contribution in [2.24, 2.45) is 0 Å². The van der Waals surface area contributed by atoms with E-state index in [1.807, 2.05) is 60.7 Å². The van der Waals surface area contributed by atoms with Gasteiger partial charge in [0.15, 0.2) is 11.5 Å². The Kier molecular flexibility index (Phi) is 6.02. The van der Waals surface area contributed by atoms with Crippen molar-refractivity contribution in [3.05, 3.63) is 81.1 Å². The highest BCUT2D eigenvalue weighted by Gasteiger charge is 2.25. The van der Waals surface area contributed by atoms with Crippen LogP contribution in [0.5, 0.6) is 17.2 Å². The van der Waals surface area contributed by atoms with Crippen LogP contribution in [-0.4, -0.2) is 30.9 Å². The summed E-state index contributed by atoms with van der Waals surface area (Å²) in [5.41, 5.74) is 1.57. The van der Waals surface area contributed by atoms with E-state index in [4.69, 9.17) is 19.2 Å². The van der Waals surface area contributed by atoms with Gasteiger partial charge < -0.3 is 14.2 Å². The lowest BCUT2D eigenvalue weighted by Crippen LogP contribution is -2.24. The second kappa shape index (κ2) is 9.12. The minimum atomic E-state index is -0.0954. The van der Waals surface area contributed by atoms with E-state index in [2.05, 4.69) is 15.9 Å². The van der Waals surface area contributed by atoms with Gasteiger partial charge >= 0.3 is 0 Å². The van der Waals surface area contributed by atoms with Crippen molar-refractivity contribution in [3.63, 3.8) is 0 Å². The molecule has 172 valence electrons. The summed E-state index contributed by atoms with van der Waals surface area (Å²) in [5.74, 6) is 1.92. The van der Waals surface area contributed by atoms with E-state index in [1.165, 1.54) is 11.3 Å². The Balaban J connectivity index is 1.87. The molecule has 0 N–H and O–H groups in total. The number of hydrogen-bond acceptors (Lipinski definition) is 6. The maximum atomic E-state index is 14.0. The Labute approximate surface area is 208 Å². The summed E-state index contributed by atoms with van der Waals surface area (Å²) < 4.78 is 20.1. The second-order valence-electron chi connectivity index (χ2n) is 7.60. The summed E-state index contributed by atoms with van der Waals surface area (Å²) in [6.45, 7) is 0.366. The predicted octanol–water partition coefficient (Wildman–Crippen LogP) is 6.11. The summed E-state index contributed by atoms with van der Waals surface area (Å²) >= 11 is 5.17. The Morgan fingerprint density at radius 2 is 1.65 bits per heavy atom. The van der Waals surface area contributed by atoms with Gasteiger partial charge in [-0.05, 0) is 33.6 Å². The predicted molar refractivity (Wildman–Crippen MR) is 140 cm³/mol. The number of hydrogen-bond donors (Lipinski definition) is 0. The van der Waals surface area contributed by atoms with Gasteiger partial charge in [0, 0.05) is 15.6 Å². The van der Waals surface area contributed by atoms with Gasteiger partial charge in [0.1, 0.15) is 10.7 Å². The topological polar surface area (TPSA) is 62.6 Å². The smallest absolute Gasteiger partial charge is 0.263 e. The molecule has 2 heterocycles. The molecule has 0 unspecified atom stereocenters. The molecule has 0 spiro atoms. The van der Waals surface area contributed by atoms with Gasteiger partial charge in [0.2, 0.25) is 5.75 Å². The number of rotatable bonds is 6. The molecule has 34 heavy (non-hydrogen) atoms. The van der Waals surface area contributed by atoms with Gasteiger partial charge in [-0.3, -0.25) is 9.36 Å². The van der Waals surface area contributed by atoms with Crippen LogP contribution in [-0.2, 0) is 6.54 Å². The van der Waals surface area contributed by atoms with Crippen LogP contribution in [0.1, 0.15) is 5.56 Å².